The summed E-state index contributed by atoms with van der Waals surface area (Å²) in [6.45, 7) is 3.82. The third-order valence-electron chi connectivity index (χ3n) is 8.62. The van der Waals surface area contributed by atoms with Crippen LogP contribution in [0.3, 0.4) is 0 Å². The largest absolute Gasteiger partial charge is 0.490 e. The van der Waals surface area contributed by atoms with Gasteiger partial charge in [0.2, 0.25) is 0 Å². The van der Waals surface area contributed by atoms with Gasteiger partial charge in [-0.3, -0.25) is 4.79 Å². The Morgan fingerprint density at radius 3 is 2.88 bits per heavy atom. The third-order valence-corrected chi connectivity index (χ3v) is 8.62. The van der Waals surface area contributed by atoms with Crippen molar-refractivity contribution < 1.29 is 28.2 Å². The number of ether oxygens (including phenoxy) is 2. The number of aliphatic hydroxyl groups is 1. The fourth-order valence-corrected chi connectivity index (χ4v) is 6.55. The van der Waals surface area contributed by atoms with Gasteiger partial charge in [-0.15, -0.1) is 0 Å². The smallest absolute Gasteiger partial charge is 0.275 e. The first-order valence-corrected chi connectivity index (χ1v) is 14.9. The van der Waals surface area contributed by atoms with Crippen LogP contribution in [0, 0.1) is 12.7 Å². The summed E-state index contributed by atoms with van der Waals surface area (Å²) in [6.07, 6.45) is 5.44. The highest BCUT2D eigenvalue weighted by Gasteiger charge is 2.42. The maximum atomic E-state index is 15.0. The summed E-state index contributed by atoms with van der Waals surface area (Å²) in [5.41, 5.74) is 1.36. The van der Waals surface area contributed by atoms with Gasteiger partial charge in [-0.2, -0.15) is 0 Å². The zero-order valence-electron chi connectivity index (χ0n) is 24.6. The fourth-order valence-electron chi connectivity index (χ4n) is 6.55. The van der Waals surface area contributed by atoms with E-state index in [1.807, 2.05) is 39.8 Å². The molecule has 0 bridgehead atoms. The Morgan fingerprint density at radius 1 is 1.23 bits per heavy atom. The SMILES string of the molecule is COC[C@]1(O)CCCC[C@H]1n1cnc(C(=O)N2CCNC[C@H]2CCOc2ccc3oc(C)nc3c2F)c1-c1ccccc1. The van der Waals surface area contributed by atoms with Crippen molar-refractivity contribution in [2.75, 3.05) is 40.0 Å². The molecular weight excluding hydrogens is 553 g/mol. The van der Waals surface area contributed by atoms with Crippen molar-refractivity contribution in [1.82, 2.24) is 24.8 Å². The number of aromatic nitrogens is 3. The molecule has 1 saturated carbocycles. The highest BCUT2D eigenvalue weighted by molar-refractivity contribution is 5.98. The molecule has 0 unspecified atom stereocenters. The van der Waals surface area contributed by atoms with Gasteiger partial charge in [0.1, 0.15) is 11.1 Å². The first-order valence-electron chi connectivity index (χ1n) is 14.9. The van der Waals surface area contributed by atoms with Gasteiger partial charge in [-0.05, 0) is 25.0 Å². The van der Waals surface area contributed by atoms with Crippen LogP contribution in [-0.2, 0) is 4.74 Å². The van der Waals surface area contributed by atoms with Gasteiger partial charge in [0.05, 0.1) is 31.3 Å². The van der Waals surface area contributed by atoms with Crippen molar-refractivity contribution in [3.05, 3.63) is 66.2 Å². The van der Waals surface area contributed by atoms with Crippen LogP contribution in [-0.4, -0.2) is 82.0 Å². The quantitative estimate of drug-likeness (QED) is 0.292. The van der Waals surface area contributed by atoms with Crippen LogP contribution in [0.5, 0.6) is 5.75 Å². The zero-order chi connectivity index (χ0) is 30.0. The molecule has 3 atom stereocenters. The third kappa shape index (κ3) is 5.76. The Morgan fingerprint density at radius 2 is 2.07 bits per heavy atom. The Kier molecular flexibility index (Phi) is 8.47. The number of rotatable bonds is 9. The number of halogens is 1. The van der Waals surface area contributed by atoms with E-state index in [1.165, 1.54) is 0 Å². The predicted molar refractivity (Wildman–Crippen MR) is 159 cm³/mol. The maximum Gasteiger partial charge on any atom is 0.275 e. The van der Waals surface area contributed by atoms with Crippen molar-refractivity contribution in [3.63, 3.8) is 0 Å². The molecule has 1 aliphatic heterocycles. The number of nitrogens with one attached hydrogen (secondary N) is 1. The number of benzene rings is 2. The standard InChI is InChI=1S/C32H38FN5O5/c1-21-36-28-25(43-21)12-11-24(27(28)33)42-17-13-23-18-34-15-16-37(23)31(39)29-30(22-8-4-3-5-9-22)38(20-35-29)26-10-6-7-14-32(26,40)19-41-2/h3-5,8-9,11-12,20,23,26,34,40H,6-7,10,13-19H2,1-2H3/t23-,26-,32-/m1/s1. The Bertz CT molecular complexity index is 1570. The average molecular weight is 592 g/mol. The molecule has 0 radical (unpaired) electrons. The summed E-state index contributed by atoms with van der Waals surface area (Å²) < 4.78 is 33.6. The van der Waals surface area contributed by atoms with Gasteiger partial charge in [-0.25, -0.2) is 14.4 Å². The number of methoxy groups -OCH3 is 1. The van der Waals surface area contributed by atoms with Crippen LogP contribution >= 0.6 is 0 Å². The molecule has 2 aromatic carbocycles. The van der Waals surface area contributed by atoms with Crippen LogP contribution in [0.15, 0.2) is 53.2 Å². The van der Waals surface area contributed by atoms with Crippen molar-refractivity contribution in [2.45, 2.75) is 56.7 Å². The number of piperazine rings is 1. The van der Waals surface area contributed by atoms with E-state index in [1.54, 1.807) is 32.5 Å². The molecule has 2 fully saturated rings. The van der Waals surface area contributed by atoms with E-state index < -0.39 is 11.4 Å². The molecule has 0 spiro atoms. The highest BCUT2D eigenvalue weighted by Crippen LogP contribution is 2.41. The summed E-state index contributed by atoms with van der Waals surface area (Å²) in [6, 6.07) is 12.5. The molecule has 2 N–H and O–H groups in total. The first kappa shape index (κ1) is 29.3. The van der Waals surface area contributed by atoms with Crippen molar-refractivity contribution in [3.8, 4) is 17.0 Å². The molecule has 1 saturated heterocycles. The summed E-state index contributed by atoms with van der Waals surface area (Å²) in [4.78, 5) is 24.9. The Balaban J connectivity index is 1.25. The summed E-state index contributed by atoms with van der Waals surface area (Å²) >= 11 is 0. The molecule has 1 aliphatic carbocycles. The first-order chi connectivity index (χ1) is 20.9. The van der Waals surface area contributed by atoms with E-state index in [-0.39, 0.29) is 42.5 Å². The van der Waals surface area contributed by atoms with Gasteiger partial charge < -0.3 is 33.8 Å². The summed E-state index contributed by atoms with van der Waals surface area (Å²) in [5.74, 6) is -0.250. The van der Waals surface area contributed by atoms with Gasteiger partial charge in [0.25, 0.3) is 5.91 Å². The number of oxazole rings is 1. The van der Waals surface area contributed by atoms with Crippen LogP contribution in [0.2, 0.25) is 0 Å². The number of imidazole rings is 1. The van der Waals surface area contributed by atoms with E-state index in [9.17, 15) is 14.3 Å². The molecule has 228 valence electrons. The summed E-state index contributed by atoms with van der Waals surface area (Å²) in [7, 11) is 1.60. The molecule has 11 heteroatoms. The minimum Gasteiger partial charge on any atom is -0.490 e. The van der Waals surface area contributed by atoms with Crippen LogP contribution in [0.1, 0.15) is 54.5 Å². The van der Waals surface area contributed by atoms with Gasteiger partial charge in [-0.1, -0.05) is 43.2 Å². The zero-order valence-corrected chi connectivity index (χ0v) is 24.6. The number of hydrogen-bond donors (Lipinski definition) is 2. The number of carbonyl (C=O) groups excluding carboxylic acids is 1. The van der Waals surface area contributed by atoms with Crippen LogP contribution < -0.4 is 10.1 Å². The molecular formula is C32H38FN5O5. The van der Waals surface area contributed by atoms with Gasteiger partial charge >= 0.3 is 0 Å². The van der Waals surface area contributed by atoms with Crippen molar-refractivity contribution >= 4 is 17.0 Å². The topological polar surface area (TPSA) is 115 Å². The molecule has 2 aliphatic rings. The van der Waals surface area contributed by atoms with Crippen molar-refractivity contribution in [1.29, 1.82) is 0 Å². The second-order valence-electron chi connectivity index (χ2n) is 11.5. The molecule has 1 amide bonds. The molecule has 10 nitrogen and oxygen atoms in total. The van der Waals surface area contributed by atoms with Crippen LogP contribution in [0.4, 0.5) is 4.39 Å². The van der Waals surface area contributed by atoms with Crippen LogP contribution in [0.25, 0.3) is 22.4 Å². The Labute approximate surface area is 249 Å². The second-order valence-corrected chi connectivity index (χ2v) is 11.5. The maximum absolute atomic E-state index is 15.0. The highest BCUT2D eigenvalue weighted by atomic mass is 19.1. The van der Waals surface area contributed by atoms with E-state index >= 15 is 0 Å². The lowest BCUT2D eigenvalue weighted by molar-refractivity contribution is -0.0893. The number of hydrogen-bond acceptors (Lipinski definition) is 8. The summed E-state index contributed by atoms with van der Waals surface area (Å²) in [5, 5.41) is 15.0. The second kappa shape index (κ2) is 12.4. The monoisotopic (exact) mass is 591 g/mol. The lowest BCUT2D eigenvalue weighted by atomic mass is 9.80. The lowest BCUT2D eigenvalue weighted by Gasteiger charge is -2.41. The van der Waals surface area contributed by atoms with E-state index in [0.717, 1.165) is 24.8 Å². The minimum atomic E-state index is -1.06. The molecule has 4 aromatic rings. The molecule has 6 rings (SSSR count). The van der Waals surface area contributed by atoms with Gasteiger partial charge in [0, 0.05) is 51.7 Å². The fraction of sp³-hybridized carbons (Fsp3) is 0.469. The number of nitrogens with zero attached hydrogens (tertiary/aromatic N) is 4. The average Bonchev–Trinajstić information content (AvgIpc) is 3.63. The normalized spacial score (nSPS) is 22.7. The predicted octanol–water partition coefficient (Wildman–Crippen LogP) is 4.51. The molecule has 3 heterocycles. The minimum absolute atomic E-state index is 0.101. The molecule has 2 aromatic heterocycles. The van der Waals surface area contributed by atoms with Gasteiger partial charge in [0.15, 0.2) is 28.7 Å². The van der Waals surface area contributed by atoms with Crippen molar-refractivity contribution in [2.24, 2.45) is 0 Å². The molecule has 43 heavy (non-hydrogen) atoms. The lowest BCUT2D eigenvalue weighted by Crippen LogP contribution is -2.54. The number of carbonyl (C=O) groups is 1. The number of fused-ring (bicyclic) bond motifs is 1. The van der Waals surface area contributed by atoms with E-state index in [2.05, 4.69) is 15.3 Å². The Hall–Kier alpha value is -3.80. The number of amides is 1. The van der Waals surface area contributed by atoms with E-state index in [0.29, 0.717) is 55.3 Å². The van der Waals surface area contributed by atoms with E-state index in [4.69, 9.17) is 13.9 Å². The number of aryl methyl sites for hydroxylation is 1.